The highest BCUT2D eigenvalue weighted by molar-refractivity contribution is 7.99. The quantitative estimate of drug-likeness (QED) is 0.514. The summed E-state index contributed by atoms with van der Waals surface area (Å²) >= 11 is 2.82. The Morgan fingerprint density at radius 2 is 1.97 bits per heavy atom. The van der Waals surface area contributed by atoms with Crippen molar-refractivity contribution in [2.75, 3.05) is 37.4 Å². The van der Waals surface area contributed by atoms with Gasteiger partial charge in [-0.15, -0.1) is 21.5 Å². The van der Waals surface area contributed by atoms with E-state index in [1.54, 1.807) is 11.2 Å². The molecule has 0 spiro atoms. The number of ether oxygens (including phenoxy) is 1. The molecule has 1 saturated carbocycles. The lowest BCUT2D eigenvalue weighted by Gasteiger charge is -2.27. The monoisotopic (exact) mass is 483 g/mol. The van der Waals surface area contributed by atoms with E-state index in [0.717, 1.165) is 34.0 Å². The van der Waals surface area contributed by atoms with Gasteiger partial charge in [-0.3, -0.25) is 9.59 Å². The van der Waals surface area contributed by atoms with E-state index < -0.39 is 0 Å². The van der Waals surface area contributed by atoms with Gasteiger partial charge < -0.3 is 19.5 Å². The SMILES string of the molecule is Cc1c(-c2ccccc2)sc(NC(=O)CSc2nncn2C2CC2)c1C(=O)N1CCOCC1. The van der Waals surface area contributed by atoms with E-state index in [1.165, 1.54) is 23.1 Å². The van der Waals surface area contributed by atoms with Crippen LogP contribution < -0.4 is 5.32 Å². The van der Waals surface area contributed by atoms with Crippen LogP contribution in [-0.4, -0.2) is 63.5 Å². The van der Waals surface area contributed by atoms with E-state index in [0.29, 0.717) is 42.9 Å². The van der Waals surface area contributed by atoms with Gasteiger partial charge in [0, 0.05) is 24.0 Å². The van der Waals surface area contributed by atoms with Gasteiger partial charge in [0.05, 0.1) is 24.5 Å². The molecule has 1 aliphatic carbocycles. The topological polar surface area (TPSA) is 89.3 Å². The van der Waals surface area contributed by atoms with E-state index in [-0.39, 0.29) is 17.6 Å². The fourth-order valence-electron chi connectivity index (χ4n) is 3.88. The van der Waals surface area contributed by atoms with Crippen LogP contribution in [0.1, 0.15) is 34.8 Å². The van der Waals surface area contributed by atoms with Crippen LogP contribution in [0.2, 0.25) is 0 Å². The second-order valence-corrected chi connectivity index (χ2v) is 10.1. The Labute approximate surface area is 200 Å². The van der Waals surface area contributed by atoms with Crippen molar-refractivity contribution in [3.05, 3.63) is 47.8 Å². The first-order valence-corrected chi connectivity index (χ1v) is 12.8. The normalized spacial score (nSPS) is 16.1. The van der Waals surface area contributed by atoms with Gasteiger partial charge in [0.1, 0.15) is 11.3 Å². The number of thiophene rings is 1. The minimum Gasteiger partial charge on any atom is -0.378 e. The maximum absolute atomic E-state index is 13.4. The Morgan fingerprint density at radius 3 is 2.70 bits per heavy atom. The van der Waals surface area contributed by atoms with E-state index >= 15 is 0 Å². The maximum atomic E-state index is 13.4. The van der Waals surface area contributed by atoms with Crippen LogP contribution in [0, 0.1) is 6.92 Å². The average Bonchev–Trinajstić information content (AvgIpc) is 3.49. The summed E-state index contributed by atoms with van der Waals surface area (Å²) in [5.41, 5.74) is 2.49. The molecule has 5 rings (SSSR count). The third-order valence-corrected chi connectivity index (χ3v) is 7.97. The van der Waals surface area contributed by atoms with Gasteiger partial charge in [-0.1, -0.05) is 42.1 Å². The number of benzene rings is 1. The van der Waals surface area contributed by atoms with Crippen LogP contribution in [0.4, 0.5) is 5.00 Å². The van der Waals surface area contributed by atoms with Crippen LogP contribution in [0.15, 0.2) is 41.8 Å². The summed E-state index contributed by atoms with van der Waals surface area (Å²) in [6.45, 7) is 4.11. The van der Waals surface area contributed by atoms with Gasteiger partial charge >= 0.3 is 0 Å². The Hall–Kier alpha value is -2.69. The van der Waals surface area contributed by atoms with E-state index in [2.05, 4.69) is 15.5 Å². The summed E-state index contributed by atoms with van der Waals surface area (Å²) in [5, 5.41) is 12.5. The lowest BCUT2D eigenvalue weighted by atomic mass is 10.1. The lowest BCUT2D eigenvalue weighted by Crippen LogP contribution is -2.41. The number of rotatable bonds is 7. The highest BCUT2D eigenvalue weighted by Gasteiger charge is 2.29. The van der Waals surface area contributed by atoms with E-state index in [1.807, 2.05) is 41.8 Å². The Kier molecular flexibility index (Phi) is 6.48. The van der Waals surface area contributed by atoms with Crippen LogP contribution in [0.25, 0.3) is 10.4 Å². The van der Waals surface area contributed by atoms with E-state index in [9.17, 15) is 9.59 Å². The summed E-state index contributed by atoms with van der Waals surface area (Å²) in [5.74, 6) is -0.0262. The highest BCUT2D eigenvalue weighted by atomic mass is 32.2. The smallest absolute Gasteiger partial charge is 0.257 e. The molecular formula is C23H25N5O3S2. The fraction of sp³-hybridized carbons (Fsp3) is 0.391. The van der Waals surface area contributed by atoms with Gasteiger partial charge in [0.25, 0.3) is 5.91 Å². The second kappa shape index (κ2) is 9.66. The first kappa shape index (κ1) is 22.1. The van der Waals surface area contributed by atoms with Gasteiger partial charge in [-0.05, 0) is 30.9 Å². The number of aromatic nitrogens is 3. The third kappa shape index (κ3) is 4.83. The van der Waals surface area contributed by atoms with Gasteiger partial charge in [-0.2, -0.15) is 0 Å². The lowest BCUT2D eigenvalue weighted by molar-refractivity contribution is -0.113. The molecule has 2 aromatic heterocycles. The van der Waals surface area contributed by atoms with Gasteiger partial charge in [0.15, 0.2) is 5.16 Å². The molecule has 2 amide bonds. The number of amides is 2. The van der Waals surface area contributed by atoms with Crippen LogP contribution >= 0.6 is 23.1 Å². The summed E-state index contributed by atoms with van der Waals surface area (Å²) in [7, 11) is 0. The molecule has 10 heteroatoms. The molecule has 2 fully saturated rings. The standard InChI is InChI=1S/C23H25N5O3S2/c1-15-19(22(30)27-9-11-31-12-10-27)21(33-20(15)16-5-3-2-4-6-16)25-18(29)13-32-23-26-24-14-28(23)17-7-8-17/h2-6,14,17H,7-13H2,1H3,(H,25,29). The zero-order valence-corrected chi connectivity index (χ0v) is 20.0. The number of anilines is 1. The zero-order valence-electron chi connectivity index (χ0n) is 18.3. The number of carbonyl (C=O) groups is 2. The maximum Gasteiger partial charge on any atom is 0.257 e. The molecule has 3 aromatic rings. The molecule has 8 nitrogen and oxygen atoms in total. The van der Waals surface area contributed by atoms with Crippen molar-refractivity contribution in [1.82, 2.24) is 19.7 Å². The summed E-state index contributed by atoms with van der Waals surface area (Å²) in [6, 6.07) is 10.4. The Balaban J connectivity index is 1.38. The molecule has 2 aliphatic rings. The number of nitrogens with zero attached hydrogens (tertiary/aromatic N) is 4. The molecule has 0 radical (unpaired) electrons. The van der Waals surface area contributed by atoms with Crippen LogP contribution in [0.5, 0.6) is 0 Å². The second-order valence-electron chi connectivity index (χ2n) is 8.12. The molecule has 1 saturated heterocycles. The number of hydrogen-bond acceptors (Lipinski definition) is 7. The predicted molar refractivity (Wildman–Crippen MR) is 129 cm³/mol. The van der Waals surface area contributed by atoms with Crippen molar-refractivity contribution in [1.29, 1.82) is 0 Å². The predicted octanol–water partition coefficient (Wildman–Crippen LogP) is 3.85. The Morgan fingerprint density at radius 1 is 1.21 bits per heavy atom. The summed E-state index contributed by atoms with van der Waals surface area (Å²) < 4.78 is 7.44. The molecule has 0 atom stereocenters. The molecule has 0 unspecified atom stereocenters. The zero-order chi connectivity index (χ0) is 22.8. The third-order valence-electron chi connectivity index (χ3n) is 5.76. The van der Waals surface area contributed by atoms with Crippen molar-refractivity contribution in [2.45, 2.75) is 31.0 Å². The van der Waals surface area contributed by atoms with Gasteiger partial charge in [-0.25, -0.2) is 0 Å². The van der Waals surface area contributed by atoms with E-state index in [4.69, 9.17) is 4.74 Å². The first-order valence-electron chi connectivity index (χ1n) is 11.0. The fourth-order valence-corrected chi connectivity index (χ4v) is 5.88. The molecule has 1 N–H and O–H groups in total. The van der Waals surface area contributed by atoms with Crippen molar-refractivity contribution >= 4 is 39.9 Å². The molecule has 0 bridgehead atoms. The summed E-state index contributed by atoms with van der Waals surface area (Å²) in [6.07, 6.45) is 3.98. The highest BCUT2D eigenvalue weighted by Crippen LogP contribution is 2.41. The average molecular weight is 484 g/mol. The summed E-state index contributed by atoms with van der Waals surface area (Å²) in [4.78, 5) is 29.1. The number of hydrogen-bond donors (Lipinski definition) is 1. The van der Waals surface area contributed by atoms with Crippen molar-refractivity contribution < 1.29 is 14.3 Å². The van der Waals surface area contributed by atoms with Crippen LogP contribution in [0.3, 0.4) is 0 Å². The minimum absolute atomic E-state index is 0.0642. The molecule has 3 heterocycles. The number of thioether (sulfide) groups is 1. The first-order chi connectivity index (χ1) is 16.1. The van der Waals surface area contributed by atoms with Crippen molar-refractivity contribution in [3.63, 3.8) is 0 Å². The molecule has 33 heavy (non-hydrogen) atoms. The molecule has 172 valence electrons. The largest absolute Gasteiger partial charge is 0.378 e. The molecule has 1 aliphatic heterocycles. The Bertz CT molecular complexity index is 1150. The number of morpholine rings is 1. The number of nitrogens with one attached hydrogen (secondary N) is 1. The van der Waals surface area contributed by atoms with Gasteiger partial charge in [0.2, 0.25) is 5.91 Å². The van der Waals surface area contributed by atoms with Crippen LogP contribution in [-0.2, 0) is 9.53 Å². The van der Waals surface area contributed by atoms with Crippen molar-refractivity contribution in [3.8, 4) is 10.4 Å². The minimum atomic E-state index is -0.165. The molecule has 1 aromatic carbocycles. The van der Waals surface area contributed by atoms with Crippen molar-refractivity contribution in [2.24, 2.45) is 0 Å². The number of carbonyl (C=O) groups excluding carboxylic acids is 2. The molecular weight excluding hydrogens is 458 g/mol.